The Morgan fingerprint density at radius 1 is 1.00 bits per heavy atom. The molecule has 0 aromatic rings. The molecule has 18 valence electrons. The van der Waals surface area contributed by atoms with Gasteiger partial charge in [-0.2, -0.15) is 0 Å². The Hall–Kier alpha value is 3.31. The minimum atomic E-state index is 0. The summed E-state index contributed by atoms with van der Waals surface area (Å²) in [7, 11) is 0. The van der Waals surface area contributed by atoms with Gasteiger partial charge in [-0.25, -0.2) is 0 Å². The fraction of sp³-hybridized carbons (Fsp3) is 0. The molecule has 0 unspecified atom stereocenters. The summed E-state index contributed by atoms with van der Waals surface area (Å²) in [6.07, 6.45) is 0. The van der Waals surface area contributed by atoms with E-state index < -0.39 is 0 Å². The van der Waals surface area contributed by atoms with Gasteiger partial charge in [0.2, 0.25) is 0 Å². The maximum Gasteiger partial charge on any atom is 0 e. The first-order valence-corrected chi connectivity index (χ1v) is 0. The van der Waals surface area contributed by atoms with Gasteiger partial charge < -0.3 is 0 Å². The molecule has 0 aromatic carbocycles. The van der Waals surface area contributed by atoms with E-state index in [-0.39, 0.29) is 99.2 Å². The average molecular weight is 596 g/mol. The first-order valence-electron chi connectivity index (χ1n) is 0. The van der Waals surface area contributed by atoms with E-state index in [0.717, 1.165) is 0 Å². The van der Waals surface area contributed by atoms with Crippen LogP contribution in [0.2, 0.25) is 0 Å². The summed E-state index contributed by atoms with van der Waals surface area (Å²) in [6, 6.07) is 0. The molecule has 0 aliphatic carbocycles. The van der Waals surface area contributed by atoms with Gasteiger partial charge in [0.25, 0.3) is 0 Å². The van der Waals surface area contributed by atoms with Crippen LogP contribution in [0.1, 0.15) is 0 Å². The van der Waals surface area contributed by atoms with Crippen molar-refractivity contribution < 1.29 is 47.1 Å². The number of hydrogen-bond donors (Lipinski definition) is 0. The molecule has 0 saturated carbocycles. The van der Waals surface area contributed by atoms with Gasteiger partial charge in [-0.1, -0.05) is 0 Å². The average Bonchev–Trinajstić information content (AvgIpc) is 0. The zero-order valence-corrected chi connectivity index (χ0v) is 16.1. The molecule has 0 aromatic heterocycles. The Balaban J connectivity index is 0. The Labute approximate surface area is 97.0 Å². The van der Waals surface area contributed by atoms with Crippen molar-refractivity contribution in [3.63, 3.8) is 0 Å². The molecule has 4 heavy (non-hydrogen) atoms. The maximum absolute atomic E-state index is 0. The maximum atomic E-state index is 0. The van der Waals surface area contributed by atoms with Gasteiger partial charge in [-0.3, -0.25) is 0 Å². The molecule has 0 amide bonds. The van der Waals surface area contributed by atoms with Gasteiger partial charge >= 0.3 is 52.0 Å². The predicted molar refractivity (Wildman–Crippen MR) is 19.9 cm³/mol. The van der Waals surface area contributed by atoms with E-state index in [0.29, 0.717) is 0 Å². The SMILES string of the molecule is [BiH3].[Hg].[InH3].[Zn]. The van der Waals surface area contributed by atoms with E-state index in [1.165, 1.54) is 0 Å². The van der Waals surface area contributed by atoms with Crippen LogP contribution in [-0.2, 0) is 47.1 Å². The molecule has 0 bridgehead atoms. The Morgan fingerprint density at radius 3 is 1.00 bits per heavy atom. The smallest absolute Gasteiger partial charge is 0 e. The van der Waals surface area contributed by atoms with Crippen LogP contribution in [0, 0.1) is 0 Å². The van der Waals surface area contributed by atoms with E-state index in [4.69, 9.17) is 0 Å². The molecule has 0 nitrogen and oxygen atoms in total. The molecule has 4 heteroatoms. The molecule has 0 aliphatic heterocycles. The van der Waals surface area contributed by atoms with Crippen molar-refractivity contribution in [3.8, 4) is 0 Å². The van der Waals surface area contributed by atoms with E-state index in [1.54, 1.807) is 0 Å². The summed E-state index contributed by atoms with van der Waals surface area (Å²) in [5.41, 5.74) is 0. The van der Waals surface area contributed by atoms with Crippen molar-refractivity contribution in [1.29, 1.82) is 0 Å². The summed E-state index contributed by atoms with van der Waals surface area (Å²) in [5.74, 6) is 0. The molecule has 0 spiro atoms. The molecule has 0 N–H and O–H groups in total. The van der Waals surface area contributed by atoms with Gasteiger partial charge in [-0.05, 0) is 0 Å². The summed E-state index contributed by atoms with van der Waals surface area (Å²) in [5, 5.41) is 0. The van der Waals surface area contributed by atoms with Crippen LogP contribution in [-0.4, -0.2) is 52.0 Å². The van der Waals surface area contributed by atoms with Crippen molar-refractivity contribution in [2.24, 2.45) is 0 Å². The second kappa shape index (κ2) is 16.2. The summed E-state index contributed by atoms with van der Waals surface area (Å²) < 4.78 is 0. The van der Waals surface area contributed by atoms with Gasteiger partial charge in [0.15, 0.2) is 0 Å². The fourth-order valence-corrected chi connectivity index (χ4v) is 0. The van der Waals surface area contributed by atoms with E-state index >= 15 is 0 Å². The van der Waals surface area contributed by atoms with Crippen LogP contribution in [0.15, 0.2) is 0 Å². The zero-order valence-electron chi connectivity index (χ0n) is 2.12. The quantitative estimate of drug-likeness (QED) is 0.275. The van der Waals surface area contributed by atoms with Gasteiger partial charge in [0.1, 0.15) is 0 Å². The monoisotopic (exact) mass is 596 g/mol. The third-order valence-corrected chi connectivity index (χ3v) is 0. The molecular formula is H6BiHgInZn. The first-order chi connectivity index (χ1) is 0. The molecule has 0 saturated heterocycles. The van der Waals surface area contributed by atoms with Crippen molar-refractivity contribution in [1.82, 2.24) is 0 Å². The third kappa shape index (κ3) is 9.00. The van der Waals surface area contributed by atoms with Crippen molar-refractivity contribution >= 4 is 52.0 Å². The zero-order chi connectivity index (χ0) is 0. The van der Waals surface area contributed by atoms with E-state index in [1.807, 2.05) is 0 Å². The molecule has 0 rings (SSSR count). The van der Waals surface area contributed by atoms with Crippen LogP contribution < -0.4 is 0 Å². The van der Waals surface area contributed by atoms with Gasteiger partial charge in [0.05, 0.1) is 0 Å². The Morgan fingerprint density at radius 2 is 1.00 bits per heavy atom. The topological polar surface area (TPSA) is 0 Å². The second-order valence-corrected chi connectivity index (χ2v) is 0. The van der Waals surface area contributed by atoms with Crippen LogP contribution in [0.5, 0.6) is 0 Å². The molecular weight excluding hydrogens is 590 g/mol. The molecule has 0 radical (unpaired) electrons. The summed E-state index contributed by atoms with van der Waals surface area (Å²) in [6.45, 7) is 0. The van der Waals surface area contributed by atoms with Crippen LogP contribution >= 0.6 is 0 Å². The first kappa shape index (κ1) is 26.6. The van der Waals surface area contributed by atoms with Crippen molar-refractivity contribution in [2.75, 3.05) is 0 Å². The molecule has 0 fully saturated rings. The van der Waals surface area contributed by atoms with Crippen molar-refractivity contribution in [2.45, 2.75) is 0 Å². The summed E-state index contributed by atoms with van der Waals surface area (Å²) in [4.78, 5) is 0. The molecule has 0 atom stereocenters. The Bertz CT molecular complexity index is 8.00. The third-order valence-electron chi connectivity index (χ3n) is 0. The molecule has 0 aliphatic rings. The standard InChI is InChI=1S/Bi.Hg.In.Zn.6H. The Kier molecular flexibility index (Phi) is 108. The van der Waals surface area contributed by atoms with Gasteiger partial charge in [-0.15, -0.1) is 0 Å². The van der Waals surface area contributed by atoms with E-state index in [9.17, 15) is 0 Å². The van der Waals surface area contributed by atoms with Crippen molar-refractivity contribution in [3.05, 3.63) is 0 Å². The second-order valence-electron chi connectivity index (χ2n) is 0. The fourth-order valence-electron chi connectivity index (χ4n) is 0. The minimum Gasteiger partial charge on any atom is 0 e. The van der Waals surface area contributed by atoms with Crippen LogP contribution in [0.25, 0.3) is 0 Å². The molecule has 0 heterocycles. The largest absolute Gasteiger partial charge is 0 e. The summed E-state index contributed by atoms with van der Waals surface area (Å²) >= 11 is 0. The van der Waals surface area contributed by atoms with Crippen LogP contribution in [0.3, 0.4) is 0 Å². The minimum absolute atomic E-state index is 0. The number of hydrogen-bond acceptors (Lipinski definition) is 0. The predicted octanol–water partition coefficient (Wildman–Crippen LogP) is -2.37. The van der Waals surface area contributed by atoms with Gasteiger partial charge in [0, 0.05) is 47.1 Å². The number of rotatable bonds is 0. The normalized spacial score (nSPS) is 0. The van der Waals surface area contributed by atoms with E-state index in [2.05, 4.69) is 0 Å². The van der Waals surface area contributed by atoms with Crippen LogP contribution in [0.4, 0.5) is 0 Å².